The molecule has 1 rings (SSSR count). The zero-order valence-electron chi connectivity index (χ0n) is 8.04. The Morgan fingerprint density at radius 1 is 1.29 bits per heavy atom. The first-order valence-corrected chi connectivity index (χ1v) is 3.95. The molecular formula is C9H12FNO3. The van der Waals surface area contributed by atoms with Gasteiger partial charge in [-0.15, -0.1) is 0 Å². The van der Waals surface area contributed by atoms with Crippen molar-refractivity contribution < 1.29 is 18.7 Å². The maximum atomic E-state index is 13.3. The molecule has 0 heterocycles. The van der Waals surface area contributed by atoms with Gasteiger partial charge in [0.1, 0.15) is 5.82 Å². The minimum atomic E-state index is -0.437. The highest BCUT2D eigenvalue weighted by Gasteiger charge is 2.14. The van der Waals surface area contributed by atoms with Crippen LogP contribution in [0.1, 0.15) is 5.56 Å². The second kappa shape index (κ2) is 4.78. The number of ether oxygens (including phenoxy) is 2. The minimum Gasteiger partial charge on any atom is -0.493 e. The summed E-state index contributed by atoms with van der Waals surface area (Å²) in [7, 11) is 2.90. The van der Waals surface area contributed by atoms with Gasteiger partial charge in [0.2, 0.25) is 0 Å². The summed E-state index contributed by atoms with van der Waals surface area (Å²) in [5.74, 6) is 5.19. The Balaban J connectivity index is 3.20. The molecule has 0 unspecified atom stereocenters. The van der Waals surface area contributed by atoms with Crippen molar-refractivity contribution in [3.63, 3.8) is 0 Å². The standard InChI is InChI=1S/C9H12FNO3/c1-12-8-4-3-7(10)6(5-14-11)9(8)13-2/h3-4H,5,11H2,1-2H3. The van der Waals surface area contributed by atoms with Crippen LogP contribution in [0.3, 0.4) is 0 Å². The van der Waals surface area contributed by atoms with E-state index in [0.717, 1.165) is 0 Å². The summed E-state index contributed by atoms with van der Waals surface area (Å²) in [6.45, 7) is -0.0633. The lowest BCUT2D eigenvalue weighted by Crippen LogP contribution is -2.04. The first-order valence-electron chi connectivity index (χ1n) is 3.95. The molecule has 0 aliphatic heterocycles. The minimum absolute atomic E-state index is 0.0633. The Bertz CT molecular complexity index is 317. The van der Waals surface area contributed by atoms with Crippen LogP contribution in [0.25, 0.3) is 0 Å². The second-order valence-corrected chi connectivity index (χ2v) is 2.57. The van der Waals surface area contributed by atoms with Crippen LogP contribution in [0.2, 0.25) is 0 Å². The van der Waals surface area contributed by atoms with Gasteiger partial charge >= 0.3 is 0 Å². The molecule has 0 amide bonds. The SMILES string of the molecule is COc1ccc(F)c(CON)c1OC. The van der Waals surface area contributed by atoms with Crippen LogP contribution < -0.4 is 15.4 Å². The van der Waals surface area contributed by atoms with Gasteiger partial charge < -0.3 is 9.47 Å². The van der Waals surface area contributed by atoms with Crippen molar-refractivity contribution in [2.45, 2.75) is 6.61 Å². The number of hydrogen-bond donors (Lipinski definition) is 1. The van der Waals surface area contributed by atoms with E-state index in [4.69, 9.17) is 15.4 Å². The van der Waals surface area contributed by atoms with E-state index in [9.17, 15) is 4.39 Å². The topological polar surface area (TPSA) is 53.7 Å². The van der Waals surface area contributed by atoms with Gasteiger partial charge in [-0.1, -0.05) is 0 Å². The normalized spacial score (nSPS) is 10.0. The quantitative estimate of drug-likeness (QED) is 0.744. The lowest BCUT2D eigenvalue weighted by molar-refractivity contribution is 0.119. The molecule has 14 heavy (non-hydrogen) atoms. The Labute approximate surface area is 81.3 Å². The van der Waals surface area contributed by atoms with E-state index < -0.39 is 5.82 Å². The Hall–Kier alpha value is -1.33. The fourth-order valence-electron chi connectivity index (χ4n) is 1.18. The lowest BCUT2D eigenvalue weighted by atomic mass is 10.2. The van der Waals surface area contributed by atoms with E-state index in [1.54, 1.807) is 0 Å². The van der Waals surface area contributed by atoms with Crippen molar-refractivity contribution in [3.8, 4) is 11.5 Å². The molecule has 0 radical (unpaired) electrons. The van der Waals surface area contributed by atoms with E-state index in [1.165, 1.54) is 26.4 Å². The number of halogens is 1. The fourth-order valence-corrected chi connectivity index (χ4v) is 1.18. The zero-order chi connectivity index (χ0) is 10.6. The Morgan fingerprint density at radius 2 is 2.00 bits per heavy atom. The summed E-state index contributed by atoms with van der Waals surface area (Å²) < 4.78 is 23.3. The number of hydrogen-bond acceptors (Lipinski definition) is 4. The summed E-state index contributed by atoms with van der Waals surface area (Å²) in [4.78, 5) is 4.38. The molecule has 0 bridgehead atoms. The molecular weight excluding hydrogens is 189 g/mol. The molecule has 0 spiro atoms. The van der Waals surface area contributed by atoms with Gasteiger partial charge in [-0.25, -0.2) is 10.3 Å². The predicted octanol–water partition coefficient (Wildman–Crippen LogP) is 1.23. The number of benzene rings is 1. The van der Waals surface area contributed by atoms with Crippen LogP contribution in [0.15, 0.2) is 12.1 Å². The van der Waals surface area contributed by atoms with Crippen molar-refractivity contribution >= 4 is 0 Å². The third-order valence-electron chi connectivity index (χ3n) is 1.82. The molecule has 2 N–H and O–H groups in total. The van der Waals surface area contributed by atoms with Crippen molar-refractivity contribution in [2.24, 2.45) is 5.90 Å². The third kappa shape index (κ3) is 1.94. The second-order valence-electron chi connectivity index (χ2n) is 2.57. The smallest absolute Gasteiger partial charge is 0.169 e. The Kier molecular flexibility index (Phi) is 3.67. The summed E-state index contributed by atoms with van der Waals surface area (Å²) in [5, 5.41) is 0. The van der Waals surface area contributed by atoms with Gasteiger partial charge in [0.25, 0.3) is 0 Å². The van der Waals surface area contributed by atoms with E-state index in [1.807, 2.05) is 0 Å². The maximum absolute atomic E-state index is 13.3. The van der Waals surface area contributed by atoms with Gasteiger partial charge in [-0.3, -0.25) is 4.84 Å². The number of nitrogens with two attached hydrogens (primary N) is 1. The van der Waals surface area contributed by atoms with Crippen LogP contribution in [-0.4, -0.2) is 14.2 Å². The summed E-state index contributed by atoms with van der Waals surface area (Å²) in [5.41, 5.74) is 0.245. The van der Waals surface area contributed by atoms with Gasteiger partial charge in [0.05, 0.1) is 26.4 Å². The molecule has 1 aromatic carbocycles. The van der Waals surface area contributed by atoms with E-state index in [0.29, 0.717) is 11.5 Å². The highest BCUT2D eigenvalue weighted by atomic mass is 19.1. The van der Waals surface area contributed by atoms with Crippen molar-refractivity contribution in [1.29, 1.82) is 0 Å². The van der Waals surface area contributed by atoms with E-state index >= 15 is 0 Å². The highest BCUT2D eigenvalue weighted by molar-refractivity contribution is 5.47. The van der Waals surface area contributed by atoms with Gasteiger partial charge in [0, 0.05) is 0 Å². The third-order valence-corrected chi connectivity index (χ3v) is 1.82. The van der Waals surface area contributed by atoms with Gasteiger partial charge in [-0.05, 0) is 12.1 Å². The highest BCUT2D eigenvalue weighted by Crippen LogP contribution is 2.32. The largest absolute Gasteiger partial charge is 0.493 e. The summed E-state index contributed by atoms with van der Waals surface area (Å²) in [6.07, 6.45) is 0. The Morgan fingerprint density at radius 3 is 2.50 bits per heavy atom. The molecule has 0 aliphatic carbocycles. The summed E-state index contributed by atoms with van der Waals surface area (Å²) in [6, 6.07) is 2.75. The maximum Gasteiger partial charge on any atom is 0.169 e. The molecule has 0 saturated carbocycles. The molecule has 78 valence electrons. The van der Waals surface area contributed by atoms with Crippen LogP contribution in [0.5, 0.6) is 11.5 Å². The lowest BCUT2D eigenvalue weighted by Gasteiger charge is -2.12. The molecule has 0 saturated heterocycles. The van der Waals surface area contributed by atoms with Crippen molar-refractivity contribution in [3.05, 3.63) is 23.5 Å². The van der Waals surface area contributed by atoms with Gasteiger partial charge in [0.15, 0.2) is 11.5 Å². The van der Waals surface area contributed by atoms with Gasteiger partial charge in [-0.2, -0.15) is 0 Å². The average molecular weight is 201 g/mol. The molecule has 0 fully saturated rings. The first-order chi connectivity index (χ1) is 6.74. The molecule has 0 aliphatic rings. The molecule has 4 nitrogen and oxygen atoms in total. The molecule has 5 heteroatoms. The fraction of sp³-hybridized carbons (Fsp3) is 0.333. The number of rotatable bonds is 4. The zero-order valence-corrected chi connectivity index (χ0v) is 8.04. The predicted molar refractivity (Wildman–Crippen MR) is 48.5 cm³/mol. The molecule has 0 aromatic heterocycles. The summed E-state index contributed by atoms with van der Waals surface area (Å²) >= 11 is 0. The van der Waals surface area contributed by atoms with Crippen molar-refractivity contribution in [2.75, 3.05) is 14.2 Å². The van der Waals surface area contributed by atoms with Crippen LogP contribution >= 0.6 is 0 Å². The van der Waals surface area contributed by atoms with E-state index in [-0.39, 0.29) is 12.2 Å². The first kappa shape index (κ1) is 10.7. The van der Waals surface area contributed by atoms with Crippen LogP contribution in [0, 0.1) is 5.82 Å². The average Bonchev–Trinajstić information content (AvgIpc) is 2.21. The molecule has 0 atom stereocenters. The van der Waals surface area contributed by atoms with Crippen LogP contribution in [-0.2, 0) is 11.4 Å². The number of methoxy groups -OCH3 is 2. The monoisotopic (exact) mass is 201 g/mol. The van der Waals surface area contributed by atoms with Crippen molar-refractivity contribution in [1.82, 2.24) is 0 Å². The van der Waals surface area contributed by atoms with Crippen LogP contribution in [0.4, 0.5) is 4.39 Å². The molecule has 1 aromatic rings. The van der Waals surface area contributed by atoms with E-state index in [2.05, 4.69) is 4.84 Å².